The minimum Gasteiger partial charge on any atom is -0.478 e. The number of carbonyl (C=O) groups is 8. The van der Waals surface area contributed by atoms with Crippen molar-refractivity contribution in [2.24, 2.45) is 0 Å². The molecule has 0 aromatic carbocycles. The van der Waals surface area contributed by atoms with Crippen molar-refractivity contribution in [1.29, 1.82) is 0 Å². The second kappa shape index (κ2) is 56.4. The Morgan fingerprint density at radius 3 is 1.04 bits per heavy atom. The molecule has 21 atom stereocenters. The summed E-state index contributed by atoms with van der Waals surface area (Å²) in [6, 6.07) is -5.68. The van der Waals surface area contributed by atoms with E-state index < -0.39 is 202 Å². The first-order valence-electron chi connectivity index (χ1n) is 43.5. The van der Waals surface area contributed by atoms with Crippen molar-refractivity contribution in [3.63, 3.8) is 0 Å². The molecule has 744 valence electrons. The van der Waals surface area contributed by atoms with Crippen molar-refractivity contribution >= 4 is 47.3 Å². The third kappa shape index (κ3) is 34.4. The molecular weight excluding hydrogens is 1760 g/mol. The van der Waals surface area contributed by atoms with Crippen LogP contribution in [0.25, 0.3) is 0 Å². The molecule has 54 heteroatoms. The Kier molecular flexibility index (Phi) is 46.3. The van der Waals surface area contributed by atoms with Crippen LogP contribution in [0.5, 0.6) is 0 Å². The van der Waals surface area contributed by atoms with Gasteiger partial charge in [-0.25, -0.2) is 23.5 Å². The molecule has 0 saturated carbocycles. The number of nitrogens with zero attached hydrogens (tertiary/aromatic N) is 14. The maximum absolute atomic E-state index is 15.2. The standard InChI is InChI=1S/C78H129N21O33/c1-7-79-72(117)53(44(2)74(119)120)11-12-59(108)80-13-14-81-73(118)54(95(34-51-38-98(92-88-51)18-22-123-26-30-127-77-62(84-47(5)106)70(115)66(111)57(42-102)131-77)35-52-39-99(93-89-52)19-23-124-27-31-128-78-63(85-48(6)107)71(116)67(112)58(43-103)132-78)10-8-9-15-94(32-49-36-96(90-86-49)16-20-121-24-28-125-75-60(82-45(3)104)68(113)64(109)55(40-100)129-75)33-50-37-97(91-87-50)17-21-122-25-29-126-76-61(83-46(4)105)69(114)65(110)56(41-101)130-76/h36-39,54-58,60-71,75-78,100-103,109-116H,7-35,40-43H2,1-6H3,(H,79,117)(H,80,108)(H,81,118)(H,82,104)(H,83,105)(H,84,106)(H,85,107)(H,119,120)/b53-44-/t54-,55?,56?,57?,58?,60?,61?,62?,63?,64?,65?,66?,67?,68?,69?,70?,71?,75?,76?,77?,78?/m0/s1. The maximum Gasteiger partial charge on any atom is 0.331 e. The molecule has 8 rings (SSSR count). The molecule has 132 heavy (non-hydrogen) atoms. The number of hydrogen-bond acceptors (Lipinski definition) is 42. The van der Waals surface area contributed by atoms with Gasteiger partial charge >= 0.3 is 5.97 Å². The van der Waals surface area contributed by atoms with Crippen LogP contribution in [0.1, 0.15) is 96.4 Å². The number of rotatable bonds is 60. The topological polar surface area (TPSA) is 724 Å². The highest BCUT2D eigenvalue weighted by Gasteiger charge is 2.49. The molecule has 0 radical (unpaired) electrons. The molecular formula is C78H129N21O33. The average molecular weight is 1890 g/mol. The minimum absolute atomic E-state index is 0.0138. The molecule has 0 bridgehead atoms. The third-order valence-electron chi connectivity index (χ3n) is 21.4. The highest BCUT2D eigenvalue weighted by atomic mass is 16.7. The van der Waals surface area contributed by atoms with Crippen LogP contribution in [-0.4, -0.2) is 444 Å². The Morgan fingerprint density at radius 1 is 0.417 bits per heavy atom. The lowest BCUT2D eigenvalue weighted by atomic mass is 9.97. The second-order valence-electron chi connectivity index (χ2n) is 31.6. The number of aliphatic carboxylic acids is 1. The zero-order valence-corrected chi connectivity index (χ0v) is 74.5. The normalized spacial score (nSPS) is 26.1. The molecule has 4 aliphatic heterocycles. The summed E-state index contributed by atoms with van der Waals surface area (Å²) in [6.45, 7) is 6.55. The Bertz CT molecular complexity index is 3990. The zero-order valence-electron chi connectivity index (χ0n) is 74.5. The largest absolute Gasteiger partial charge is 0.478 e. The van der Waals surface area contributed by atoms with Crippen LogP contribution in [0.2, 0.25) is 0 Å². The van der Waals surface area contributed by atoms with Gasteiger partial charge in [0.1, 0.15) is 97.4 Å². The third-order valence-corrected chi connectivity index (χ3v) is 21.4. The van der Waals surface area contributed by atoms with Gasteiger partial charge in [-0.1, -0.05) is 27.3 Å². The van der Waals surface area contributed by atoms with E-state index in [2.05, 4.69) is 78.5 Å². The predicted octanol–water partition coefficient (Wildman–Crippen LogP) is -11.2. The van der Waals surface area contributed by atoms with Gasteiger partial charge in [-0.05, 0) is 39.7 Å². The van der Waals surface area contributed by atoms with Crippen LogP contribution in [0.3, 0.4) is 0 Å². The van der Waals surface area contributed by atoms with Crippen molar-refractivity contribution < 1.29 is 162 Å². The molecule has 0 aliphatic carbocycles. The van der Waals surface area contributed by atoms with Crippen LogP contribution in [-0.2, 0) is 148 Å². The summed E-state index contributed by atoms with van der Waals surface area (Å²) in [5.74, 6) is -5.12. The number of ether oxygens (including phenoxy) is 12. The van der Waals surface area contributed by atoms with E-state index in [-0.39, 0.29) is 182 Å². The van der Waals surface area contributed by atoms with Crippen molar-refractivity contribution in [3.8, 4) is 0 Å². The lowest BCUT2D eigenvalue weighted by molar-refractivity contribution is -0.272. The highest BCUT2D eigenvalue weighted by Crippen LogP contribution is 2.28. The van der Waals surface area contributed by atoms with Crippen molar-refractivity contribution in [3.05, 3.63) is 58.7 Å². The van der Waals surface area contributed by atoms with E-state index in [0.29, 0.717) is 42.2 Å². The number of carboxylic acid groups (broad SMARTS) is 1. The van der Waals surface area contributed by atoms with Crippen LogP contribution in [0.4, 0.5) is 0 Å². The fourth-order valence-corrected chi connectivity index (χ4v) is 14.7. The molecule has 4 aromatic heterocycles. The van der Waals surface area contributed by atoms with Crippen LogP contribution < -0.4 is 37.2 Å². The molecule has 20 N–H and O–H groups in total. The molecule has 7 amide bonds. The molecule has 4 saturated heterocycles. The summed E-state index contributed by atoms with van der Waals surface area (Å²) in [6.07, 6.45) is -14.7. The van der Waals surface area contributed by atoms with Gasteiger partial charge in [0.25, 0.3) is 0 Å². The Labute approximate surface area is 758 Å². The molecule has 20 unspecified atom stereocenters. The fourth-order valence-electron chi connectivity index (χ4n) is 14.7. The summed E-state index contributed by atoms with van der Waals surface area (Å²) in [4.78, 5) is 105. The Hall–Kier alpha value is -8.98. The van der Waals surface area contributed by atoms with Gasteiger partial charge in [0.05, 0.1) is 161 Å². The van der Waals surface area contributed by atoms with E-state index in [0.717, 1.165) is 0 Å². The van der Waals surface area contributed by atoms with E-state index in [4.69, 9.17) is 56.8 Å². The number of carboxylic acids is 1. The number of unbranched alkanes of at least 4 members (excludes halogenated alkanes) is 1. The lowest BCUT2D eigenvalue weighted by Gasteiger charge is -2.42. The number of aromatic nitrogens is 12. The number of hydrogen-bond donors (Lipinski definition) is 20. The van der Waals surface area contributed by atoms with Gasteiger partial charge in [0, 0.05) is 116 Å². The fraction of sp³-hybridized carbons (Fsp3) is 0.769. The number of nitrogens with one attached hydrogen (secondary N) is 7. The van der Waals surface area contributed by atoms with Gasteiger partial charge in [-0.3, -0.25) is 43.4 Å². The summed E-state index contributed by atoms with van der Waals surface area (Å²) in [7, 11) is 0. The molecule has 4 aromatic rings. The van der Waals surface area contributed by atoms with Crippen LogP contribution >= 0.6 is 0 Å². The van der Waals surface area contributed by atoms with E-state index in [1.807, 2.05) is 9.80 Å². The summed E-state index contributed by atoms with van der Waals surface area (Å²) in [5, 5.41) is 187. The maximum atomic E-state index is 15.2. The lowest BCUT2D eigenvalue weighted by Crippen LogP contribution is -2.64. The quantitative estimate of drug-likeness (QED) is 0.0144. The van der Waals surface area contributed by atoms with E-state index in [1.54, 1.807) is 41.1 Å². The SMILES string of the molecule is CCNC(=O)/C(CCC(=O)NCCNC(=O)[C@H](CCCCN(Cc1cn(CCOCCOC2OC(CO)C(O)C(O)C2NC(C)=O)nn1)Cc1cn(CCOCCOC2OC(CO)C(O)C(O)C2NC(C)=O)nn1)N(Cc1cn(CCOCCOC2OC(CO)C(O)C(O)C2NC(C)=O)nn1)Cc1cn(CCOCCOC2OC(CO)C(O)C(O)C2NC(C)=O)nn1)=C(/C)C(=O)O. The number of aliphatic hydroxyl groups excluding tert-OH is 12. The Balaban J connectivity index is 0.996. The first-order chi connectivity index (χ1) is 63.3. The van der Waals surface area contributed by atoms with E-state index in [9.17, 15) is 99.9 Å². The monoisotopic (exact) mass is 1890 g/mol. The number of aliphatic hydroxyl groups is 12. The molecule has 0 spiro atoms. The van der Waals surface area contributed by atoms with Gasteiger partial charge in [-0.15, -0.1) is 20.4 Å². The van der Waals surface area contributed by atoms with Crippen molar-refractivity contribution in [2.75, 3.05) is 132 Å². The van der Waals surface area contributed by atoms with E-state index >= 15 is 4.79 Å². The number of carbonyl (C=O) groups excluding carboxylic acids is 7. The molecule has 8 heterocycles. The highest BCUT2D eigenvalue weighted by molar-refractivity contribution is 6.02. The van der Waals surface area contributed by atoms with Gasteiger partial charge in [0.2, 0.25) is 41.4 Å². The van der Waals surface area contributed by atoms with Gasteiger partial charge < -0.3 is 160 Å². The second-order valence-corrected chi connectivity index (χ2v) is 31.6. The first-order valence-corrected chi connectivity index (χ1v) is 43.5. The number of likely N-dealkylation sites (N-methyl/N-ethyl adjacent to an activating group) is 1. The van der Waals surface area contributed by atoms with E-state index in [1.165, 1.54) is 44.0 Å². The van der Waals surface area contributed by atoms with Crippen molar-refractivity contribution in [2.45, 2.75) is 255 Å². The summed E-state index contributed by atoms with van der Waals surface area (Å²) < 4.78 is 75.3. The smallest absolute Gasteiger partial charge is 0.331 e. The minimum atomic E-state index is -1.53. The van der Waals surface area contributed by atoms with Crippen LogP contribution in [0, 0.1) is 0 Å². The molecule has 4 fully saturated rings. The summed E-state index contributed by atoms with van der Waals surface area (Å²) in [5.41, 5.74) is 1.50. The molecule has 54 nitrogen and oxygen atoms in total. The van der Waals surface area contributed by atoms with Gasteiger partial charge in [-0.2, -0.15) is 0 Å². The zero-order chi connectivity index (χ0) is 95.9. The van der Waals surface area contributed by atoms with Gasteiger partial charge in [0.15, 0.2) is 25.2 Å². The summed E-state index contributed by atoms with van der Waals surface area (Å²) >= 11 is 0. The first kappa shape index (κ1) is 108. The van der Waals surface area contributed by atoms with Crippen molar-refractivity contribution in [1.82, 2.24) is 107 Å². The Morgan fingerprint density at radius 2 is 0.735 bits per heavy atom. The number of amides is 7. The predicted molar refractivity (Wildman–Crippen MR) is 444 cm³/mol. The average Bonchev–Trinajstić information content (AvgIpc) is 1.04. The molecule has 4 aliphatic rings. The van der Waals surface area contributed by atoms with Crippen LogP contribution in [0.15, 0.2) is 35.9 Å².